The second-order valence-electron chi connectivity index (χ2n) is 4.68. The van der Waals surface area contributed by atoms with Crippen LogP contribution < -0.4 is 5.73 Å². The van der Waals surface area contributed by atoms with Crippen molar-refractivity contribution in [2.75, 3.05) is 6.54 Å². The van der Waals surface area contributed by atoms with Crippen molar-refractivity contribution >= 4 is 11.9 Å². The summed E-state index contributed by atoms with van der Waals surface area (Å²) in [4.78, 5) is 24.2. The molecule has 2 atom stereocenters. The molecule has 1 aliphatic rings. The number of nitrogens with two attached hydrogens (primary N) is 1. The Morgan fingerprint density at radius 1 is 1.47 bits per heavy atom. The molecule has 1 amide bonds. The van der Waals surface area contributed by atoms with Crippen molar-refractivity contribution in [1.82, 2.24) is 4.90 Å². The van der Waals surface area contributed by atoms with Gasteiger partial charge in [-0.2, -0.15) is 0 Å². The van der Waals surface area contributed by atoms with Crippen LogP contribution in [0.5, 0.6) is 0 Å². The van der Waals surface area contributed by atoms with Crippen LogP contribution in [0.15, 0.2) is 24.3 Å². The van der Waals surface area contributed by atoms with Crippen LogP contribution in [-0.2, 0) is 9.59 Å². The fourth-order valence-electron chi connectivity index (χ4n) is 2.32. The van der Waals surface area contributed by atoms with E-state index >= 15 is 0 Å². The molecule has 2 unspecified atom stereocenters. The van der Waals surface area contributed by atoms with E-state index in [1.54, 1.807) is 0 Å². The van der Waals surface area contributed by atoms with Gasteiger partial charge in [0.2, 0.25) is 5.91 Å². The molecule has 0 radical (unpaired) electrons. The Hall–Kier alpha value is -1.95. The molecule has 5 nitrogen and oxygen atoms in total. The first-order valence-corrected chi connectivity index (χ1v) is 5.99. The monoisotopic (exact) mass is 266 g/mol. The van der Waals surface area contributed by atoms with Crippen LogP contribution in [0.4, 0.5) is 4.39 Å². The molecule has 6 heteroatoms. The quantitative estimate of drug-likeness (QED) is 0.848. The van der Waals surface area contributed by atoms with Gasteiger partial charge in [-0.05, 0) is 17.7 Å². The summed E-state index contributed by atoms with van der Waals surface area (Å²) in [6.07, 6.45) is 0.00139. The van der Waals surface area contributed by atoms with Gasteiger partial charge in [0.1, 0.15) is 5.82 Å². The maximum Gasteiger partial charge on any atom is 0.305 e. The molecule has 0 aliphatic carbocycles. The number of carboxylic acid groups (broad SMARTS) is 1. The average Bonchev–Trinajstić information content (AvgIpc) is 2.66. The van der Waals surface area contributed by atoms with Crippen molar-refractivity contribution in [3.63, 3.8) is 0 Å². The van der Waals surface area contributed by atoms with Gasteiger partial charge in [-0.1, -0.05) is 12.1 Å². The molecular weight excluding hydrogens is 251 g/mol. The molecular formula is C13H15FN2O3. The first-order chi connectivity index (χ1) is 8.97. The minimum absolute atomic E-state index is 0.164. The third kappa shape index (κ3) is 3.08. The number of rotatable bonds is 4. The number of aliphatic carboxylic acids is 1. The molecule has 0 aromatic heterocycles. The van der Waals surface area contributed by atoms with Gasteiger partial charge < -0.3 is 15.7 Å². The third-order valence-corrected chi connectivity index (χ3v) is 3.19. The summed E-state index contributed by atoms with van der Waals surface area (Å²) in [5, 5.41) is 8.97. The Kier molecular flexibility index (Phi) is 3.80. The van der Waals surface area contributed by atoms with Crippen LogP contribution in [0, 0.1) is 5.82 Å². The van der Waals surface area contributed by atoms with Gasteiger partial charge in [0.05, 0.1) is 12.5 Å². The van der Waals surface area contributed by atoms with E-state index in [9.17, 15) is 14.0 Å². The first kappa shape index (κ1) is 13.5. The van der Waals surface area contributed by atoms with Gasteiger partial charge in [-0.25, -0.2) is 4.39 Å². The summed E-state index contributed by atoms with van der Waals surface area (Å²) < 4.78 is 12.9. The Labute approximate surface area is 109 Å². The van der Waals surface area contributed by atoms with Crippen molar-refractivity contribution in [3.05, 3.63) is 35.6 Å². The molecule has 102 valence electrons. The fourth-order valence-corrected chi connectivity index (χ4v) is 2.32. The Balaban J connectivity index is 2.28. The lowest BCUT2D eigenvalue weighted by atomic mass is 10.0. The fraction of sp³-hybridized carbons (Fsp3) is 0.385. The number of carbonyl (C=O) groups is 2. The first-order valence-electron chi connectivity index (χ1n) is 5.99. The van der Waals surface area contributed by atoms with Gasteiger partial charge in [0.25, 0.3) is 0 Å². The van der Waals surface area contributed by atoms with Crippen LogP contribution in [0.2, 0.25) is 0 Å². The summed E-state index contributed by atoms with van der Waals surface area (Å²) in [5.74, 6) is -1.58. The highest BCUT2D eigenvalue weighted by Crippen LogP contribution is 2.28. The number of likely N-dealkylation sites (tertiary alicyclic amines) is 1. The number of amides is 1. The third-order valence-electron chi connectivity index (χ3n) is 3.19. The van der Waals surface area contributed by atoms with Crippen LogP contribution >= 0.6 is 0 Å². The normalized spacial score (nSPS) is 20.6. The van der Waals surface area contributed by atoms with Crippen molar-refractivity contribution in [2.45, 2.75) is 24.9 Å². The zero-order valence-corrected chi connectivity index (χ0v) is 10.3. The lowest BCUT2D eigenvalue weighted by Gasteiger charge is -2.27. The highest BCUT2D eigenvalue weighted by atomic mass is 19.1. The standard InChI is InChI=1S/C13H15FN2O3/c14-9-3-1-8(2-4-9)11(6-13(18)19)16-7-10(15)5-12(16)17/h1-4,10-11H,5-7,15H2,(H,18,19). The minimum Gasteiger partial charge on any atom is -0.481 e. The van der Waals surface area contributed by atoms with E-state index in [0.717, 1.165) is 0 Å². The molecule has 0 saturated carbocycles. The largest absolute Gasteiger partial charge is 0.481 e. The summed E-state index contributed by atoms with van der Waals surface area (Å²) >= 11 is 0. The topological polar surface area (TPSA) is 83.6 Å². The van der Waals surface area contributed by atoms with E-state index < -0.39 is 17.8 Å². The average molecular weight is 266 g/mol. The predicted molar refractivity (Wildman–Crippen MR) is 65.7 cm³/mol. The Bertz CT molecular complexity index is 489. The summed E-state index contributed by atoms with van der Waals surface area (Å²) in [6.45, 7) is 0.328. The second-order valence-corrected chi connectivity index (χ2v) is 4.68. The van der Waals surface area contributed by atoms with E-state index in [4.69, 9.17) is 10.8 Å². The summed E-state index contributed by atoms with van der Waals surface area (Å²) in [5.41, 5.74) is 6.32. The number of hydrogen-bond acceptors (Lipinski definition) is 3. The van der Waals surface area contributed by atoms with Crippen molar-refractivity contribution in [1.29, 1.82) is 0 Å². The van der Waals surface area contributed by atoms with Crippen LogP contribution in [0.1, 0.15) is 24.4 Å². The van der Waals surface area contributed by atoms with Gasteiger partial charge in [0.15, 0.2) is 0 Å². The molecule has 19 heavy (non-hydrogen) atoms. The van der Waals surface area contributed by atoms with Crippen molar-refractivity contribution < 1.29 is 19.1 Å². The van der Waals surface area contributed by atoms with Gasteiger partial charge in [0, 0.05) is 19.0 Å². The van der Waals surface area contributed by atoms with Gasteiger partial charge >= 0.3 is 5.97 Å². The molecule has 1 aromatic carbocycles. The molecule has 1 aliphatic heterocycles. The number of hydrogen-bond donors (Lipinski definition) is 2. The zero-order valence-electron chi connectivity index (χ0n) is 10.3. The maximum atomic E-state index is 12.9. The SMILES string of the molecule is NC1CC(=O)N(C(CC(=O)O)c2ccc(F)cc2)C1. The van der Waals surface area contributed by atoms with E-state index in [2.05, 4.69) is 0 Å². The molecule has 2 rings (SSSR count). The lowest BCUT2D eigenvalue weighted by molar-refractivity contribution is -0.139. The highest BCUT2D eigenvalue weighted by molar-refractivity contribution is 5.80. The van der Waals surface area contributed by atoms with E-state index in [-0.39, 0.29) is 24.8 Å². The summed E-state index contributed by atoms with van der Waals surface area (Å²) in [6, 6.07) is 4.64. The molecule has 0 spiro atoms. The Morgan fingerprint density at radius 2 is 2.11 bits per heavy atom. The zero-order chi connectivity index (χ0) is 14.0. The maximum absolute atomic E-state index is 12.9. The van der Waals surface area contributed by atoms with Gasteiger partial charge in [-0.3, -0.25) is 9.59 Å². The van der Waals surface area contributed by atoms with E-state index in [1.807, 2.05) is 0 Å². The smallest absolute Gasteiger partial charge is 0.305 e. The Morgan fingerprint density at radius 3 is 2.58 bits per heavy atom. The van der Waals surface area contributed by atoms with Crippen LogP contribution in [0.3, 0.4) is 0 Å². The van der Waals surface area contributed by atoms with Crippen LogP contribution in [-0.4, -0.2) is 34.5 Å². The number of benzene rings is 1. The lowest BCUT2D eigenvalue weighted by Crippen LogP contribution is -2.33. The number of carboxylic acids is 1. The number of nitrogens with zero attached hydrogens (tertiary/aromatic N) is 1. The number of carbonyl (C=O) groups excluding carboxylic acids is 1. The molecule has 1 heterocycles. The minimum atomic E-state index is -1.01. The van der Waals surface area contributed by atoms with Crippen molar-refractivity contribution in [2.24, 2.45) is 5.73 Å². The predicted octanol–water partition coefficient (Wildman–Crippen LogP) is 0.901. The molecule has 0 bridgehead atoms. The molecule has 3 N–H and O–H groups in total. The summed E-state index contributed by atoms with van der Waals surface area (Å²) in [7, 11) is 0. The molecule has 1 fully saturated rings. The van der Waals surface area contributed by atoms with E-state index in [1.165, 1.54) is 29.2 Å². The van der Waals surface area contributed by atoms with Crippen molar-refractivity contribution in [3.8, 4) is 0 Å². The molecule has 1 saturated heterocycles. The van der Waals surface area contributed by atoms with Gasteiger partial charge in [-0.15, -0.1) is 0 Å². The number of halogens is 1. The highest BCUT2D eigenvalue weighted by Gasteiger charge is 2.34. The second kappa shape index (κ2) is 5.36. The molecule has 1 aromatic rings. The van der Waals surface area contributed by atoms with E-state index in [0.29, 0.717) is 12.1 Å². The van der Waals surface area contributed by atoms with Crippen LogP contribution in [0.25, 0.3) is 0 Å².